The van der Waals surface area contributed by atoms with Crippen molar-refractivity contribution in [1.29, 1.82) is 0 Å². The van der Waals surface area contributed by atoms with Gasteiger partial charge in [0.1, 0.15) is 5.82 Å². The maximum Gasteiger partial charge on any atom is 0.124 e. The first-order chi connectivity index (χ1) is 11.4. The Labute approximate surface area is 137 Å². The molecule has 2 aliphatic heterocycles. The Kier molecular flexibility index (Phi) is 4.20. The summed E-state index contributed by atoms with van der Waals surface area (Å²) in [4.78, 5) is 2.50. The van der Waals surface area contributed by atoms with E-state index in [0.717, 1.165) is 37.9 Å². The van der Waals surface area contributed by atoms with E-state index < -0.39 is 0 Å². The summed E-state index contributed by atoms with van der Waals surface area (Å²) in [5.74, 6) is 2.52. The molecule has 1 aromatic heterocycles. The van der Waals surface area contributed by atoms with Gasteiger partial charge in [0.15, 0.2) is 0 Å². The van der Waals surface area contributed by atoms with Gasteiger partial charge < -0.3 is 15.5 Å². The number of fused-ring (bicyclic) bond motifs is 1. The average Bonchev–Trinajstić information content (AvgIpc) is 3.24. The zero-order valence-electron chi connectivity index (χ0n) is 13.5. The summed E-state index contributed by atoms with van der Waals surface area (Å²) in [7, 11) is 0. The van der Waals surface area contributed by atoms with E-state index in [1.807, 2.05) is 12.3 Å². The quantitative estimate of drug-likeness (QED) is 0.887. The van der Waals surface area contributed by atoms with Crippen LogP contribution in [-0.4, -0.2) is 42.5 Å². The molecule has 0 bridgehead atoms. The molecule has 0 saturated carbocycles. The van der Waals surface area contributed by atoms with Crippen LogP contribution in [-0.2, 0) is 6.54 Å². The molecule has 122 valence electrons. The number of para-hydroxylation sites is 1. The highest BCUT2D eigenvalue weighted by atomic mass is 15.3. The van der Waals surface area contributed by atoms with Crippen molar-refractivity contribution in [3.63, 3.8) is 0 Å². The fourth-order valence-corrected chi connectivity index (χ4v) is 3.69. The van der Waals surface area contributed by atoms with Crippen molar-refractivity contribution >= 4 is 11.5 Å². The summed E-state index contributed by atoms with van der Waals surface area (Å²) in [6.07, 6.45) is 3.16. The molecule has 0 unspecified atom stereocenters. The topological polar surface area (TPSA) is 45.1 Å². The summed E-state index contributed by atoms with van der Waals surface area (Å²) in [6.45, 7) is 6.59. The van der Waals surface area contributed by atoms with Gasteiger partial charge in [-0.15, -0.1) is 0 Å². The number of hydrogen-bond acceptors (Lipinski definition) is 4. The fourth-order valence-electron chi connectivity index (χ4n) is 3.69. The van der Waals surface area contributed by atoms with E-state index >= 15 is 0 Å². The molecule has 2 aromatic rings. The second-order valence-electron chi connectivity index (χ2n) is 6.74. The van der Waals surface area contributed by atoms with Crippen LogP contribution in [0.2, 0.25) is 0 Å². The van der Waals surface area contributed by atoms with Crippen LogP contribution in [0.4, 0.5) is 11.5 Å². The maximum atomic E-state index is 4.36. The predicted octanol–water partition coefficient (Wildman–Crippen LogP) is 2.04. The lowest BCUT2D eigenvalue weighted by Gasteiger charge is -2.25. The number of nitrogens with zero attached hydrogens (tertiary/aromatic N) is 3. The van der Waals surface area contributed by atoms with Crippen molar-refractivity contribution < 1.29 is 0 Å². The van der Waals surface area contributed by atoms with Gasteiger partial charge in [0, 0.05) is 50.4 Å². The first-order valence-electron chi connectivity index (χ1n) is 8.65. The van der Waals surface area contributed by atoms with Crippen molar-refractivity contribution in [1.82, 2.24) is 15.1 Å². The zero-order chi connectivity index (χ0) is 15.5. The van der Waals surface area contributed by atoms with Crippen molar-refractivity contribution in [3.05, 3.63) is 42.6 Å². The summed E-state index contributed by atoms with van der Waals surface area (Å²) >= 11 is 0. The van der Waals surface area contributed by atoms with Crippen LogP contribution >= 0.6 is 0 Å². The number of aromatic nitrogens is 2. The van der Waals surface area contributed by atoms with E-state index in [9.17, 15) is 0 Å². The molecule has 2 N–H and O–H groups in total. The Hall–Kier alpha value is -2.01. The maximum absolute atomic E-state index is 4.36. The first-order valence-corrected chi connectivity index (χ1v) is 8.65. The van der Waals surface area contributed by atoms with Crippen molar-refractivity contribution in [2.75, 3.05) is 42.9 Å². The van der Waals surface area contributed by atoms with E-state index in [4.69, 9.17) is 0 Å². The van der Waals surface area contributed by atoms with Crippen LogP contribution in [0.25, 0.3) is 0 Å². The predicted molar refractivity (Wildman–Crippen MR) is 93.8 cm³/mol. The molecule has 2 aliphatic rings. The Morgan fingerprint density at radius 2 is 1.96 bits per heavy atom. The molecule has 1 saturated heterocycles. The van der Waals surface area contributed by atoms with Crippen LogP contribution in [0.1, 0.15) is 6.42 Å². The molecule has 5 heteroatoms. The Bertz CT molecular complexity index is 623. The molecular weight excluding hydrogens is 286 g/mol. The minimum absolute atomic E-state index is 0.619. The minimum Gasteiger partial charge on any atom is -0.371 e. The van der Waals surface area contributed by atoms with Gasteiger partial charge >= 0.3 is 0 Å². The van der Waals surface area contributed by atoms with E-state index in [1.165, 1.54) is 25.2 Å². The third kappa shape index (κ3) is 3.34. The lowest BCUT2D eigenvalue weighted by molar-refractivity contribution is 0.379. The molecule has 4 rings (SSSR count). The second-order valence-corrected chi connectivity index (χ2v) is 6.74. The first kappa shape index (κ1) is 14.6. The SMILES string of the molecule is c1ccc(N2CC[C@@H](CNC[C@@H]3CNc4ccnn4C3)C2)cc1. The van der Waals surface area contributed by atoms with Gasteiger partial charge in [-0.25, -0.2) is 4.68 Å². The van der Waals surface area contributed by atoms with Crippen LogP contribution in [0.5, 0.6) is 0 Å². The Balaban J connectivity index is 1.21. The van der Waals surface area contributed by atoms with Crippen LogP contribution in [0.15, 0.2) is 42.6 Å². The Morgan fingerprint density at radius 1 is 1.09 bits per heavy atom. The molecule has 2 atom stereocenters. The molecule has 0 radical (unpaired) electrons. The highest BCUT2D eigenvalue weighted by Crippen LogP contribution is 2.23. The highest BCUT2D eigenvalue weighted by molar-refractivity contribution is 5.46. The van der Waals surface area contributed by atoms with Gasteiger partial charge in [-0.1, -0.05) is 18.2 Å². The van der Waals surface area contributed by atoms with E-state index in [0.29, 0.717) is 5.92 Å². The molecule has 23 heavy (non-hydrogen) atoms. The van der Waals surface area contributed by atoms with Crippen LogP contribution in [0.3, 0.4) is 0 Å². The van der Waals surface area contributed by atoms with Crippen molar-refractivity contribution in [2.45, 2.75) is 13.0 Å². The summed E-state index contributed by atoms with van der Waals surface area (Å²) in [5, 5.41) is 11.5. The Morgan fingerprint density at radius 3 is 2.87 bits per heavy atom. The van der Waals surface area contributed by atoms with Crippen LogP contribution < -0.4 is 15.5 Å². The third-order valence-electron chi connectivity index (χ3n) is 4.99. The average molecular weight is 311 g/mol. The molecule has 5 nitrogen and oxygen atoms in total. The standard InChI is InChI=1S/C18H25N5/c1-2-4-17(5-3-1)22-9-7-15(13-22)10-19-11-16-12-20-18-6-8-21-23(18)14-16/h1-6,8,15-16,19-20H,7,9-14H2/t15-,16+/m0/s1. The molecule has 0 aliphatic carbocycles. The van der Waals surface area contributed by atoms with Crippen molar-refractivity contribution in [2.24, 2.45) is 11.8 Å². The van der Waals surface area contributed by atoms with Crippen LogP contribution in [0, 0.1) is 11.8 Å². The minimum atomic E-state index is 0.619. The van der Waals surface area contributed by atoms with Gasteiger partial charge in [0.2, 0.25) is 0 Å². The number of nitrogens with one attached hydrogen (secondary N) is 2. The lowest BCUT2D eigenvalue weighted by Crippen LogP contribution is -2.37. The summed E-state index contributed by atoms with van der Waals surface area (Å²) in [6, 6.07) is 12.8. The smallest absolute Gasteiger partial charge is 0.124 e. The molecule has 0 spiro atoms. The van der Waals surface area contributed by atoms with Gasteiger partial charge in [0.05, 0.1) is 6.20 Å². The second kappa shape index (κ2) is 6.62. The molecule has 3 heterocycles. The fraction of sp³-hybridized carbons (Fsp3) is 0.500. The molecule has 1 fully saturated rings. The largest absolute Gasteiger partial charge is 0.371 e. The van der Waals surface area contributed by atoms with E-state index in [2.05, 4.69) is 55.6 Å². The van der Waals surface area contributed by atoms with E-state index in [1.54, 1.807) is 0 Å². The number of benzene rings is 1. The number of rotatable bonds is 5. The summed E-state index contributed by atoms with van der Waals surface area (Å²) in [5.41, 5.74) is 1.36. The van der Waals surface area contributed by atoms with E-state index in [-0.39, 0.29) is 0 Å². The van der Waals surface area contributed by atoms with Gasteiger partial charge in [0.25, 0.3) is 0 Å². The van der Waals surface area contributed by atoms with Gasteiger partial charge in [-0.2, -0.15) is 5.10 Å². The molecular formula is C18H25N5. The number of anilines is 2. The van der Waals surface area contributed by atoms with Gasteiger partial charge in [-0.3, -0.25) is 0 Å². The monoisotopic (exact) mass is 311 g/mol. The third-order valence-corrected chi connectivity index (χ3v) is 4.99. The normalized spacial score (nSPS) is 23.6. The highest BCUT2D eigenvalue weighted by Gasteiger charge is 2.23. The van der Waals surface area contributed by atoms with Gasteiger partial charge in [-0.05, 0) is 31.0 Å². The molecule has 0 amide bonds. The number of hydrogen-bond donors (Lipinski definition) is 2. The van der Waals surface area contributed by atoms with Crippen molar-refractivity contribution in [3.8, 4) is 0 Å². The molecule has 1 aromatic carbocycles. The zero-order valence-corrected chi connectivity index (χ0v) is 13.5. The summed E-state index contributed by atoms with van der Waals surface area (Å²) < 4.78 is 2.07. The lowest BCUT2D eigenvalue weighted by atomic mass is 10.1.